The first kappa shape index (κ1) is 12.1. The Bertz CT molecular complexity index is 404. The maximum absolute atomic E-state index is 12.2. The van der Waals surface area contributed by atoms with E-state index >= 15 is 0 Å². The van der Waals surface area contributed by atoms with Crippen LogP contribution in [-0.2, 0) is 7.05 Å². The maximum Gasteiger partial charge on any atom is 0.289 e. The number of rotatable bonds is 2. The zero-order valence-electron chi connectivity index (χ0n) is 10.7. The molecule has 0 atom stereocenters. The summed E-state index contributed by atoms with van der Waals surface area (Å²) >= 11 is 0. The average molecular weight is 236 g/mol. The lowest BCUT2D eigenvalue weighted by Crippen LogP contribution is -2.51. The lowest BCUT2D eigenvalue weighted by atomic mass is 9.90. The minimum Gasteiger partial charge on any atom is -0.336 e. The topological polar surface area (TPSA) is 50.2 Å². The van der Waals surface area contributed by atoms with Gasteiger partial charge in [0, 0.05) is 38.1 Å². The minimum absolute atomic E-state index is 0.0376. The Labute approximate surface area is 102 Å². The molecule has 0 bridgehead atoms. The molecule has 1 saturated heterocycles. The van der Waals surface area contributed by atoms with Crippen molar-refractivity contribution < 1.29 is 4.79 Å². The molecule has 1 aliphatic rings. The summed E-state index contributed by atoms with van der Waals surface area (Å²) in [6, 6.07) is 0. The van der Waals surface area contributed by atoms with E-state index < -0.39 is 0 Å². The van der Waals surface area contributed by atoms with E-state index in [1.165, 1.54) is 0 Å². The molecule has 1 N–H and O–H groups in total. The molecule has 1 amide bonds. The molecule has 0 aromatic carbocycles. The fraction of sp³-hybridized carbons (Fsp3) is 0.667. The van der Waals surface area contributed by atoms with Gasteiger partial charge in [-0.1, -0.05) is 0 Å². The zero-order valence-corrected chi connectivity index (χ0v) is 10.7. The number of carbonyl (C=O) groups is 1. The third-order valence-electron chi connectivity index (χ3n) is 3.77. The van der Waals surface area contributed by atoms with Crippen molar-refractivity contribution in [3.05, 3.63) is 18.2 Å². The first-order valence-corrected chi connectivity index (χ1v) is 6.01. The van der Waals surface area contributed by atoms with E-state index in [1.807, 2.05) is 19.0 Å². The molecule has 0 aliphatic carbocycles. The summed E-state index contributed by atoms with van der Waals surface area (Å²) in [4.78, 5) is 18.2. The molecule has 1 aromatic heterocycles. The molecular formula is C12H20N4O. The van der Waals surface area contributed by atoms with Gasteiger partial charge in [0.2, 0.25) is 0 Å². The summed E-state index contributed by atoms with van der Waals surface area (Å²) < 4.78 is 1.77. The van der Waals surface area contributed by atoms with E-state index in [1.54, 1.807) is 17.0 Å². The average Bonchev–Trinajstić information content (AvgIpc) is 2.76. The number of aryl methyl sites for hydroxylation is 1. The molecule has 1 aromatic rings. The van der Waals surface area contributed by atoms with Gasteiger partial charge in [-0.05, 0) is 26.8 Å². The molecule has 0 saturated carbocycles. The summed E-state index contributed by atoms with van der Waals surface area (Å²) in [5, 5.41) is 3.33. The van der Waals surface area contributed by atoms with E-state index in [4.69, 9.17) is 0 Å². The molecule has 0 radical (unpaired) electrons. The number of aromatic nitrogens is 2. The van der Waals surface area contributed by atoms with Gasteiger partial charge in [-0.15, -0.1) is 0 Å². The number of imidazole rings is 1. The molecule has 0 unspecified atom stereocenters. The number of piperidine rings is 1. The largest absolute Gasteiger partial charge is 0.336 e. The summed E-state index contributed by atoms with van der Waals surface area (Å²) in [5.74, 6) is 0.564. The fourth-order valence-electron chi connectivity index (χ4n) is 2.17. The van der Waals surface area contributed by atoms with Crippen LogP contribution in [-0.4, -0.2) is 46.0 Å². The van der Waals surface area contributed by atoms with Crippen LogP contribution in [0.3, 0.4) is 0 Å². The summed E-state index contributed by atoms with van der Waals surface area (Å²) in [5.41, 5.74) is 0.165. The van der Waals surface area contributed by atoms with Crippen molar-refractivity contribution >= 4 is 5.91 Å². The number of carbonyl (C=O) groups excluding carboxylic acids is 1. The van der Waals surface area contributed by atoms with E-state index in [0.29, 0.717) is 5.82 Å². The van der Waals surface area contributed by atoms with E-state index in [0.717, 1.165) is 25.9 Å². The van der Waals surface area contributed by atoms with E-state index in [-0.39, 0.29) is 11.4 Å². The highest BCUT2D eigenvalue weighted by Gasteiger charge is 2.31. The fourth-order valence-corrected chi connectivity index (χ4v) is 2.17. The van der Waals surface area contributed by atoms with Crippen LogP contribution in [0, 0.1) is 0 Å². The highest BCUT2D eigenvalue weighted by atomic mass is 16.2. The number of nitrogens with one attached hydrogen (secondary N) is 1. The van der Waals surface area contributed by atoms with Crippen molar-refractivity contribution in [3.63, 3.8) is 0 Å². The number of hydrogen-bond donors (Lipinski definition) is 1. The van der Waals surface area contributed by atoms with Crippen LogP contribution >= 0.6 is 0 Å². The Kier molecular flexibility index (Phi) is 3.19. The maximum atomic E-state index is 12.2. The molecule has 2 rings (SSSR count). The van der Waals surface area contributed by atoms with E-state index in [2.05, 4.69) is 17.2 Å². The highest BCUT2D eigenvalue weighted by Crippen LogP contribution is 2.21. The molecule has 5 nitrogen and oxygen atoms in total. The molecule has 94 valence electrons. The normalized spacial score (nSPS) is 19.4. The summed E-state index contributed by atoms with van der Waals surface area (Å²) in [6.07, 6.45) is 5.43. The smallest absolute Gasteiger partial charge is 0.289 e. The summed E-state index contributed by atoms with van der Waals surface area (Å²) in [6.45, 7) is 3.79. The first-order valence-electron chi connectivity index (χ1n) is 6.01. The summed E-state index contributed by atoms with van der Waals surface area (Å²) in [7, 11) is 3.83. The second kappa shape index (κ2) is 4.49. The molecule has 1 aliphatic heterocycles. The van der Waals surface area contributed by atoms with Crippen LogP contribution in [0.2, 0.25) is 0 Å². The molecule has 5 heteroatoms. The lowest BCUT2D eigenvalue weighted by Gasteiger charge is -2.39. The molecule has 2 heterocycles. The molecule has 0 spiro atoms. The van der Waals surface area contributed by atoms with Gasteiger partial charge in [0.15, 0.2) is 5.82 Å². The van der Waals surface area contributed by atoms with Crippen molar-refractivity contribution in [2.45, 2.75) is 25.3 Å². The Morgan fingerprint density at radius 3 is 2.59 bits per heavy atom. The number of likely N-dealkylation sites (tertiary alicyclic amines) is 1. The Balaban J connectivity index is 2.02. The van der Waals surface area contributed by atoms with Gasteiger partial charge in [0.05, 0.1) is 0 Å². The van der Waals surface area contributed by atoms with Gasteiger partial charge in [-0.2, -0.15) is 0 Å². The van der Waals surface area contributed by atoms with Crippen LogP contribution in [0.1, 0.15) is 30.4 Å². The third kappa shape index (κ3) is 2.34. The van der Waals surface area contributed by atoms with Crippen molar-refractivity contribution in [1.82, 2.24) is 19.8 Å². The van der Waals surface area contributed by atoms with Crippen LogP contribution < -0.4 is 5.32 Å². The quantitative estimate of drug-likeness (QED) is 0.819. The van der Waals surface area contributed by atoms with Gasteiger partial charge in [-0.25, -0.2) is 4.98 Å². The van der Waals surface area contributed by atoms with Crippen molar-refractivity contribution in [2.24, 2.45) is 7.05 Å². The predicted molar refractivity (Wildman–Crippen MR) is 65.8 cm³/mol. The minimum atomic E-state index is 0.0376. The van der Waals surface area contributed by atoms with Crippen LogP contribution in [0.15, 0.2) is 12.4 Å². The van der Waals surface area contributed by atoms with Crippen LogP contribution in [0.25, 0.3) is 0 Å². The van der Waals surface area contributed by atoms with E-state index in [9.17, 15) is 4.79 Å². The number of nitrogens with zero attached hydrogens (tertiary/aromatic N) is 3. The number of amides is 1. The van der Waals surface area contributed by atoms with Crippen LogP contribution in [0.4, 0.5) is 0 Å². The van der Waals surface area contributed by atoms with Crippen LogP contribution in [0.5, 0.6) is 0 Å². The Hall–Kier alpha value is -1.36. The molecule has 17 heavy (non-hydrogen) atoms. The van der Waals surface area contributed by atoms with Gasteiger partial charge in [0.25, 0.3) is 5.91 Å². The van der Waals surface area contributed by atoms with Gasteiger partial charge < -0.3 is 14.8 Å². The lowest BCUT2D eigenvalue weighted by molar-refractivity contribution is 0.0646. The van der Waals surface area contributed by atoms with Gasteiger partial charge in [-0.3, -0.25) is 4.79 Å². The first-order chi connectivity index (χ1) is 8.06. The van der Waals surface area contributed by atoms with Crippen molar-refractivity contribution in [3.8, 4) is 0 Å². The molecule has 1 fully saturated rings. The highest BCUT2D eigenvalue weighted by molar-refractivity contribution is 5.90. The van der Waals surface area contributed by atoms with Gasteiger partial charge >= 0.3 is 0 Å². The zero-order chi connectivity index (χ0) is 12.5. The van der Waals surface area contributed by atoms with Gasteiger partial charge in [0.1, 0.15) is 0 Å². The Morgan fingerprint density at radius 2 is 2.12 bits per heavy atom. The predicted octanol–water partition coefficient (Wildman–Crippen LogP) is 0.634. The number of hydrogen-bond acceptors (Lipinski definition) is 3. The molecular weight excluding hydrogens is 216 g/mol. The second-order valence-corrected chi connectivity index (χ2v) is 4.96. The third-order valence-corrected chi connectivity index (χ3v) is 3.77. The second-order valence-electron chi connectivity index (χ2n) is 4.96. The Morgan fingerprint density at radius 1 is 1.47 bits per heavy atom. The van der Waals surface area contributed by atoms with Crippen molar-refractivity contribution in [2.75, 3.05) is 20.1 Å². The monoisotopic (exact) mass is 236 g/mol. The SMILES string of the molecule is CNC1(C)CCN(C(=O)c2nccn2C)CC1. The standard InChI is InChI=1S/C12H20N4O/c1-12(13-2)4-7-16(8-5-12)11(17)10-14-6-9-15(10)3/h6,9,13H,4-5,7-8H2,1-3H3. The van der Waals surface area contributed by atoms with Crippen molar-refractivity contribution in [1.29, 1.82) is 0 Å².